The van der Waals surface area contributed by atoms with Gasteiger partial charge >= 0.3 is 0 Å². The van der Waals surface area contributed by atoms with E-state index in [0.29, 0.717) is 19.2 Å². The summed E-state index contributed by atoms with van der Waals surface area (Å²) in [7, 11) is 1.83. The second-order valence-corrected chi connectivity index (χ2v) is 7.02. The molecule has 0 radical (unpaired) electrons. The monoisotopic (exact) mass is 360 g/mol. The standard InChI is InChI=1S/C20H32N4O2/c1-3-9-24-10-7-17(8-11-24)23-20(21-2)22-15-16-5-6-18-19(14-16)26-13-4-12-25-18/h5-6,14,17H,3-4,7-13,15H2,1-2H3,(H2,21,22,23). The first-order valence-corrected chi connectivity index (χ1v) is 9.86. The number of ether oxygens (including phenoxy) is 2. The molecule has 1 aromatic carbocycles. The average molecular weight is 361 g/mol. The van der Waals surface area contributed by atoms with Crippen molar-refractivity contribution < 1.29 is 9.47 Å². The lowest BCUT2D eigenvalue weighted by molar-refractivity contribution is 0.206. The highest BCUT2D eigenvalue weighted by Crippen LogP contribution is 2.30. The molecule has 2 N–H and O–H groups in total. The normalized spacial score (nSPS) is 19.1. The predicted octanol–water partition coefficient (Wildman–Crippen LogP) is 2.39. The van der Waals surface area contributed by atoms with E-state index >= 15 is 0 Å². The number of likely N-dealkylation sites (tertiary alicyclic amines) is 1. The molecule has 0 atom stereocenters. The Morgan fingerprint density at radius 3 is 2.69 bits per heavy atom. The van der Waals surface area contributed by atoms with Crippen LogP contribution in [0.4, 0.5) is 0 Å². The molecule has 0 amide bonds. The van der Waals surface area contributed by atoms with E-state index < -0.39 is 0 Å². The lowest BCUT2D eigenvalue weighted by Crippen LogP contribution is -2.48. The molecule has 2 aliphatic heterocycles. The molecule has 1 saturated heterocycles. The van der Waals surface area contributed by atoms with Gasteiger partial charge in [0.05, 0.1) is 13.2 Å². The van der Waals surface area contributed by atoms with Crippen molar-refractivity contribution in [3.8, 4) is 11.5 Å². The van der Waals surface area contributed by atoms with E-state index in [1.165, 1.54) is 38.9 Å². The molecule has 0 unspecified atom stereocenters. The third kappa shape index (κ3) is 5.27. The highest BCUT2D eigenvalue weighted by atomic mass is 16.5. The molecule has 144 valence electrons. The zero-order chi connectivity index (χ0) is 18.2. The van der Waals surface area contributed by atoms with E-state index in [9.17, 15) is 0 Å². The molecule has 3 rings (SSSR count). The lowest BCUT2D eigenvalue weighted by Gasteiger charge is -2.32. The summed E-state index contributed by atoms with van der Waals surface area (Å²) in [6.07, 6.45) is 4.50. The van der Waals surface area contributed by atoms with E-state index in [1.807, 2.05) is 13.1 Å². The van der Waals surface area contributed by atoms with Gasteiger partial charge in [0.25, 0.3) is 0 Å². The van der Waals surface area contributed by atoms with Crippen molar-refractivity contribution in [1.82, 2.24) is 15.5 Å². The molecule has 6 nitrogen and oxygen atoms in total. The van der Waals surface area contributed by atoms with Crippen LogP contribution in [0.1, 0.15) is 38.2 Å². The molecule has 6 heteroatoms. The first kappa shape index (κ1) is 18.8. The minimum atomic E-state index is 0.498. The third-order valence-corrected chi connectivity index (χ3v) is 4.96. The van der Waals surface area contributed by atoms with Gasteiger partial charge < -0.3 is 25.0 Å². The zero-order valence-corrected chi connectivity index (χ0v) is 16.1. The molecule has 0 bridgehead atoms. The molecular weight excluding hydrogens is 328 g/mol. The van der Waals surface area contributed by atoms with Crippen LogP contribution in [0, 0.1) is 0 Å². The van der Waals surface area contributed by atoms with Crippen LogP contribution in [0.2, 0.25) is 0 Å². The maximum Gasteiger partial charge on any atom is 0.191 e. The fraction of sp³-hybridized carbons (Fsp3) is 0.650. The Balaban J connectivity index is 1.48. The maximum absolute atomic E-state index is 5.77. The highest BCUT2D eigenvalue weighted by molar-refractivity contribution is 5.80. The fourth-order valence-electron chi connectivity index (χ4n) is 3.51. The van der Waals surface area contributed by atoms with Crippen molar-refractivity contribution in [1.29, 1.82) is 0 Å². The summed E-state index contributed by atoms with van der Waals surface area (Å²) < 4.78 is 11.5. The lowest BCUT2D eigenvalue weighted by atomic mass is 10.1. The van der Waals surface area contributed by atoms with E-state index in [2.05, 4.69) is 39.6 Å². The predicted molar refractivity (Wildman–Crippen MR) is 105 cm³/mol. The molecule has 1 fully saturated rings. The summed E-state index contributed by atoms with van der Waals surface area (Å²) in [5.41, 5.74) is 1.16. The molecular formula is C20H32N4O2. The van der Waals surface area contributed by atoms with Crippen molar-refractivity contribution in [2.75, 3.05) is 39.9 Å². The van der Waals surface area contributed by atoms with Crippen LogP contribution < -0.4 is 20.1 Å². The van der Waals surface area contributed by atoms with Crippen LogP contribution in [0.5, 0.6) is 11.5 Å². The average Bonchev–Trinajstić information content (AvgIpc) is 2.91. The van der Waals surface area contributed by atoms with Crippen molar-refractivity contribution in [3.05, 3.63) is 23.8 Å². The molecule has 2 heterocycles. The molecule has 0 spiro atoms. The van der Waals surface area contributed by atoms with Gasteiger partial charge in [0.15, 0.2) is 17.5 Å². The Hall–Kier alpha value is -1.95. The summed E-state index contributed by atoms with van der Waals surface area (Å²) >= 11 is 0. The Kier molecular flexibility index (Phi) is 7.00. The summed E-state index contributed by atoms with van der Waals surface area (Å²) in [4.78, 5) is 6.93. The largest absolute Gasteiger partial charge is 0.490 e. The second kappa shape index (κ2) is 9.67. The van der Waals surface area contributed by atoms with Crippen molar-refractivity contribution in [2.24, 2.45) is 4.99 Å². The summed E-state index contributed by atoms with van der Waals surface area (Å²) in [5.74, 6) is 2.55. The Labute approximate surface area is 157 Å². The number of benzene rings is 1. The van der Waals surface area contributed by atoms with E-state index in [-0.39, 0.29) is 0 Å². The van der Waals surface area contributed by atoms with Gasteiger partial charge in [-0.1, -0.05) is 13.0 Å². The van der Waals surface area contributed by atoms with Gasteiger partial charge in [-0.25, -0.2) is 0 Å². The van der Waals surface area contributed by atoms with Crippen LogP contribution in [-0.2, 0) is 6.54 Å². The van der Waals surface area contributed by atoms with Crippen LogP contribution in [0.25, 0.3) is 0 Å². The highest BCUT2D eigenvalue weighted by Gasteiger charge is 2.19. The smallest absolute Gasteiger partial charge is 0.191 e. The quantitative estimate of drug-likeness (QED) is 0.624. The molecule has 0 aromatic heterocycles. The zero-order valence-electron chi connectivity index (χ0n) is 16.1. The van der Waals surface area contributed by atoms with Gasteiger partial charge in [0, 0.05) is 39.1 Å². The number of rotatable bonds is 5. The van der Waals surface area contributed by atoms with E-state index in [4.69, 9.17) is 9.47 Å². The first-order valence-electron chi connectivity index (χ1n) is 9.86. The van der Waals surface area contributed by atoms with Gasteiger partial charge in [-0.15, -0.1) is 0 Å². The Bertz CT molecular complexity index is 597. The van der Waals surface area contributed by atoms with Crippen LogP contribution in [0.15, 0.2) is 23.2 Å². The van der Waals surface area contributed by atoms with Crippen LogP contribution in [-0.4, -0.2) is 56.8 Å². The number of hydrogen-bond donors (Lipinski definition) is 2. The SMILES string of the molecule is CCCN1CCC(NC(=NC)NCc2ccc3c(c2)OCCCO3)CC1. The fourth-order valence-corrected chi connectivity index (χ4v) is 3.51. The number of nitrogens with one attached hydrogen (secondary N) is 2. The van der Waals surface area contributed by atoms with Gasteiger partial charge in [-0.2, -0.15) is 0 Å². The number of piperidine rings is 1. The van der Waals surface area contributed by atoms with Gasteiger partial charge in [-0.05, 0) is 43.5 Å². The van der Waals surface area contributed by atoms with Crippen LogP contribution >= 0.6 is 0 Å². The number of nitrogens with zero attached hydrogens (tertiary/aromatic N) is 2. The molecule has 0 saturated carbocycles. The second-order valence-electron chi connectivity index (χ2n) is 7.02. The third-order valence-electron chi connectivity index (χ3n) is 4.96. The summed E-state index contributed by atoms with van der Waals surface area (Å²) in [6.45, 7) is 7.95. The van der Waals surface area contributed by atoms with Crippen molar-refractivity contribution >= 4 is 5.96 Å². The number of hydrogen-bond acceptors (Lipinski definition) is 4. The summed E-state index contributed by atoms with van der Waals surface area (Å²) in [5, 5.41) is 6.99. The topological polar surface area (TPSA) is 58.1 Å². The molecule has 2 aliphatic rings. The Morgan fingerprint density at radius 2 is 1.96 bits per heavy atom. The Morgan fingerprint density at radius 1 is 1.19 bits per heavy atom. The van der Waals surface area contributed by atoms with E-state index in [0.717, 1.165) is 36.0 Å². The minimum absolute atomic E-state index is 0.498. The summed E-state index contributed by atoms with van der Waals surface area (Å²) in [6, 6.07) is 6.64. The minimum Gasteiger partial charge on any atom is -0.490 e. The van der Waals surface area contributed by atoms with E-state index in [1.54, 1.807) is 0 Å². The van der Waals surface area contributed by atoms with Crippen LogP contribution in [0.3, 0.4) is 0 Å². The van der Waals surface area contributed by atoms with Gasteiger partial charge in [-0.3, -0.25) is 4.99 Å². The molecule has 1 aromatic rings. The number of aliphatic imine (C=N–C) groups is 1. The first-order chi connectivity index (χ1) is 12.8. The molecule has 0 aliphatic carbocycles. The number of fused-ring (bicyclic) bond motifs is 1. The van der Waals surface area contributed by atoms with Crippen molar-refractivity contribution in [2.45, 2.75) is 45.2 Å². The molecule has 26 heavy (non-hydrogen) atoms. The number of guanidine groups is 1. The van der Waals surface area contributed by atoms with Crippen molar-refractivity contribution in [3.63, 3.8) is 0 Å². The van der Waals surface area contributed by atoms with Gasteiger partial charge in [0.2, 0.25) is 0 Å². The maximum atomic E-state index is 5.77. The van der Waals surface area contributed by atoms with Gasteiger partial charge in [0.1, 0.15) is 0 Å².